The minimum Gasteiger partial charge on any atom is -0.268 e. The highest BCUT2D eigenvalue weighted by atomic mass is 35.5. The third-order valence-corrected chi connectivity index (χ3v) is 4.15. The zero-order valence-electron chi connectivity index (χ0n) is 10.5. The lowest BCUT2D eigenvalue weighted by Crippen LogP contribution is -2.30. The molecule has 104 valence electrons. The highest BCUT2D eigenvalue weighted by Gasteiger charge is 2.20. The smallest absolute Gasteiger partial charge is 0.268 e. The van der Waals surface area contributed by atoms with Crippen molar-refractivity contribution >= 4 is 27.5 Å². The molecule has 0 saturated carbocycles. The highest BCUT2D eigenvalue weighted by Crippen LogP contribution is 2.15. The van der Waals surface area contributed by atoms with Gasteiger partial charge in [-0.05, 0) is 31.2 Å². The topological polar surface area (TPSA) is 76.1 Å². The fourth-order valence-electron chi connectivity index (χ4n) is 1.53. The van der Waals surface area contributed by atoms with Crippen LogP contribution in [0.2, 0.25) is 5.15 Å². The van der Waals surface area contributed by atoms with Gasteiger partial charge in [0.15, 0.2) is 0 Å². The summed E-state index contributed by atoms with van der Waals surface area (Å²) >= 11 is 5.83. The number of aryl methyl sites for hydroxylation is 1. The molecule has 2 aromatic rings. The van der Waals surface area contributed by atoms with Crippen molar-refractivity contribution in [3.05, 3.63) is 58.9 Å². The molecule has 5 nitrogen and oxygen atoms in total. The van der Waals surface area contributed by atoms with Gasteiger partial charge in [0.05, 0.1) is 10.5 Å². The number of aromatic nitrogens is 1. The lowest BCUT2D eigenvalue weighted by Gasteiger charge is -2.08. The van der Waals surface area contributed by atoms with E-state index in [1.54, 1.807) is 31.2 Å². The number of nitrogens with one attached hydrogen (secondary N) is 1. The summed E-state index contributed by atoms with van der Waals surface area (Å²) in [5, 5.41) is -0.0363. The van der Waals surface area contributed by atoms with Crippen molar-refractivity contribution in [1.29, 1.82) is 0 Å². The molecule has 0 aliphatic carbocycles. The zero-order valence-corrected chi connectivity index (χ0v) is 12.1. The number of carbonyl (C=O) groups is 1. The number of rotatable bonds is 3. The maximum Gasteiger partial charge on any atom is 0.268 e. The van der Waals surface area contributed by atoms with Crippen LogP contribution in [0, 0.1) is 6.92 Å². The van der Waals surface area contributed by atoms with E-state index in [0.29, 0.717) is 5.69 Å². The number of hydrogen-bond acceptors (Lipinski definition) is 4. The van der Waals surface area contributed by atoms with Crippen molar-refractivity contribution in [3.8, 4) is 0 Å². The van der Waals surface area contributed by atoms with Gasteiger partial charge in [-0.25, -0.2) is 18.1 Å². The van der Waals surface area contributed by atoms with Gasteiger partial charge in [0.25, 0.3) is 15.9 Å². The number of carbonyl (C=O) groups excluding carboxylic acids is 1. The molecule has 0 bridgehead atoms. The minimum atomic E-state index is -3.92. The Labute approximate surface area is 121 Å². The molecule has 1 N–H and O–H groups in total. The number of amides is 1. The molecular weight excluding hydrogens is 300 g/mol. The molecule has 0 aliphatic heterocycles. The van der Waals surface area contributed by atoms with Gasteiger partial charge in [-0.1, -0.05) is 29.8 Å². The summed E-state index contributed by atoms with van der Waals surface area (Å²) in [6.07, 6.45) is 0. The number of benzene rings is 1. The normalized spacial score (nSPS) is 11.1. The van der Waals surface area contributed by atoms with E-state index in [1.807, 2.05) is 4.72 Å². The van der Waals surface area contributed by atoms with Gasteiger partial charge in [0, 0.05) is 5.69 Å². The summed E-state index contributed by atoms with van der Waals surface area (Å²) in [5.74, 6) is -0.814. The monoisotopic (exact) mass is 310 g/mol. The molecule has 1 aromatic carbocycles. The number of sulfonamides is 1. The molecule has 0 atom stereocenters. The molecule has 1 aromatic heterocycles. The van der Waals surface area contributed by atoms with Crippen LogP contribution < -0.4 is 4.72 Å². The van der Waals surface area contributed by atoms with Crippen LogP contribution in [0.15, 0.2) is 47.4 Å². The second-order valence-electron chi connectivity index (χ2n) is 4.04. The van der Waals surface area contributed by atoms with E-state index in [2.05, 4.69) is 4.98 Å². The molecule has 0 aliphatic rings. The van der Waals surface area contributed by atoms with Crippen molar-refractivity contribution in [2.75, 3.05) is 0 Å². The molecule has 0 saturated heterocycles. The Balaban J connectivity index is 2.28. The Hall–Kier alpha value is -1.92. The summed E-state index contributed by atoms with van der Waals surface area (Å²) in [7, 11) is -3.92. The quantitative estimate of drug-likeness (QED) is 0.881. The van der Waals surface area contributed by atoms with E-state index in [-0.39, 0.29) is 15.6 Å². The van der Waals surface area contributed by atoms with Crippen molar-refractivity contribution in [3.63, 3.8) is 0 Å². The van der Waals surface area contributed by atoms with Crippen LogP contribution in [0.4, 0.5) is 0 Å². The number of pyridine rings is 1. The van der Waals surface area contributed by atoms with Gasteiger partial charge in [-0.2, -0.15) is 0 Å². The second kappa shape index (κ2) is 5.60. The first-order chi connectivity index (χ1) is 9.40. The van der Waals surface area contributed by atoms with E-state index in [1.165, 1.54) is 18.2 Å². The molecule has 2 rings (SSSR count). The Morgan fingerprint density at radius 3 is 2.40 bits per heavy atom. The molecule has 1 amide bonds. The average molecular weight is 311 g/mol. The first kappa shape index (κ1) is 14.5. The Morgan fingerprint density at radius 1 is 1.15 bits per heavy atom. The number of nitrogens with zero attached hydrogens (tertiary/aromatic N) is 1. The molecule has 20 heavy (non-hydrogen) atoms. The standard InChI is InChI=1S/C13H11ClN2O3S/c1-9-7-8-11(12(14)15-9)13(17)16-20(18,19)10-5-3-2-4-6-10/h2-8H,1H3,(H,16,17). The molecule has 0 unspecified atom stereocenters. The zero-order chi connectivity index (χ0) is 14.8. The van der Waals surface area contributed by atoms with E-state index < -0.39 is 15.9 Å². The first-order valence-electron chi connectivity index (χ1n) is 5.65. The van der Waals surface area contributed by atoms with Crippen molar-refractivity contribution in [1.82, 2.24) is 9.71 Å². The van der Waals surface area contributed by atoms with Crippen LogP contribution in [0.1, 0.15) is 16.1 Å². The molecular formula is C13H11ClN2O3S. The van der Waals surface area contributed by atoms with E-state index in [4.69, 9.17) is 11.6 Å². The SMILES string of the molecule is Cc1ccc(C(=O)NS(=O)(=O)c2ccccc2)c(Cl)n1. The second-order valence-corrected chi connectivity index (χ2v) is 6.08. The molecule has 0 radical (unpaired) electrons. The summed E-state index contributed by atoms with van der Waals surface area (Å²) in [4.78, 5) is 15.9. The van der Waals surface area contributed by atoms with Crippen LogP contribution >= 0.6 is 11.6 Å². The van der Waals surface area contributed by atoms with Crippen molar-refractivity contribution in [2.24, 2.45) is 0 Å². The third kappa shape index (κ3) is 3.15. The third-order valence-electron chi connectivity index (χ3n) is 2.51. The number of hydrogen-bond donors (Lipinski definition) is 1. The van der Waals surface area contributed by atoms with Gasteiger partial charge in [-0.3, -0.25) is 4.79 Å². The highest BCUT2D eigenvalue weighted by molar-refractivity contribution is 7.90. The van der Waals surface area contributed by atoms with E-state index in [0.717, 1.165) is 0 Å². The van der Waals surface area contributed by atoms with Gasteiger partial charge in [-0.15, -0.1) is 0 Å². The molecule has 0 spiro atoms. The molecule has 1 heterocycles. The van der Waals surface area contributed by atoms with E-state index in [9.17, 15) is 13.2 Å². The average Bonchev–Trinajstić information content (AvgIpc) is 2.39. The van der Waals surface area contributed by atoms with Crippen LogP contribution in [0.3, 0.4) is 0 Å². The lowest BCUT2D eigenvalue weighted by molar-refractivity contribution is 0.0981. The maximum atomic E-state index is 12.0. The Kier molecular flexibility index (Phi) is 4.06. The predicted molar refractivity (Wildman–Crippen MR) is 75.1 cm³/mol. The van der Waals surface area contributed by atoms with Crippen LogP contribution in [-0.2, 0) is 10.0 Å². The van der Waals surface area contributed by atoms with Crippen LogP contribution in [0.25, 0.3) is 0 Å². The van der Waals surface area contributed by atoms with Crippen LogP contribution in [0.5, 0.6) is 0 Å². The molecule has 7 heteroatoms. The van der Waals surface area contributed by atoms with Gasteiger partial charge >= 0.3 is 0 Å². The number of halogens is 1. The summed E-state index contributed by atoms with van der Waals surface area (Å²) in [6.45, 7) is 1.72. The van der Waals surface area contributed by atoms with E-state index >= 15 is 0 Å². The minimum absolute atomic E-state index is 0.00421. The van der Waals surface area contributed by atoms with Gasteiger partial charge in [0.2, 0.25) is 0 Å². The van der Waals surface area contributed by atoms with Crippen molar-refractivity contribution in [2.45, 2.75) is 11.8 Å². The van der Waals surface area contributed by atoms with Gasteiger partial charge < -0.3 is 0 Å². The molecule has 0 fully saturated rings. The Bertz CT molecular complexity index is 745. The summed E-state index contributed by atoms with van der Waals surface area (Å²) < 4.78 is 26.0. The van der Waals surface area contributed by atoms with Gasteiger partial charge in [0.1, 0.15) is 5.15 Å². The lowest BCUT2D eigenvalue weighted by atomic mass is 10.2. The first-order valence-corrected chi connectivity index (χ1v) is 7.51. The maximum absolute atomic E-state index is 12.0. The largest absolute Gasteiger partial charge is 0.268 e. The van der Waals surface area contributed by atoms with Crippen LogP contribution in [-0.4, -0.2) is 19.3 Å². The summed E-state index contributed by atoms with van der Waals surface area (Å²) in [5.41, 5.74) is 0.647. The fourth-order valence-corrected chi connectivity index (χ4v) is 2.80. The predicted octanol–water partition coefficient (Wildman–Crippen LogP) is 2.16. The Morgan fingerprint density at radius 2 is 1.80 bits per heavy atom. The fraction of sp³-hybridized carbons (Fsp3) is 0.0769. The van der Waals surface area contributed by atoms with Crippen molar-refractivity contribution < 1.29 is 13.2 Å². The summed E-state index contributed by atoms with van der Waals surface area (Å²) in [6, 6.07) is 10.6.